The molecule has 1 aliphatic carbocycles. The minimum Gasteiger partial charge on any atom is -0.490 e. The molecule has 2 nitrogen and oxygen atoms in total. The highest BCUT2D eigenvalue weighted by atomic mass is 19.1. The number of halogens is 1. The number of nitrogens with one attached hydrogen (secondary N) is 1. The molecule has 2 rings (SSSR count). The van der Waals surface area contributed by atoms with Crippen LogP contribution in [0.15, 0.2) is 35.6 Å². The predicted molar refractivity (Wildman–Crippen MR) is 109 cm³/mol. The Balaban J connectivity index is 1.91. The third-order valence-corrected chi connectivity index (χ3v) is 6.11. The topological polar surface area (TPSA) is 21.3 Å². The number of hydrogen-bond acceptors (Lipinski definition) is 2. The summed E-state index contributed by atoms with van der Waals surface area (Å²) in [5.74, 6) is 2.30. The molecule has 2 aliphatic rings. The van der Waals surface area contributed by atoms with E-state index in [1.165, 1.54) is 37.7 Å². The van der Waals surface area contributed by atoms with Crippen LogP contribution in [0.3, 0.4) is 0 Å². The summed E-state index contributed by atoms with van der Waals surface area (Å²) in [4.78, 5) is 0. The number of alkyl halides is 1. The van der Waals surface area contributed by atoms with Gasteiger partial charge in [0.25, 0.3) is 0 Å². The molecule has 1 N–H and O–H groups in total. The summed E-state index contributed by atoms with van der Waals surface area (Å²) >= 11 is 0. The maximum Gasteiger partial charge on any atom is 0.118 e. The SMILES string of the molecule is C=C(C)C(/C=C\C1=C(C)CCC2C[C@@H](CCCNCC)CCC2O1)CF. The van der Waals surface area contributed by atoms with Gasteiger partial charge in [-0.05, 0) is 95.4 Å². The Hall–Kier alpha value is -1.09. The van der Waals surface area contributed by atoms with Crippen LogP contribution in [0, 0.1) is 17.8 Å². The van der Waals surface area contributed by atoms with Crippen LogP contribution in [-0.2, 0) is 4.74 Å². The molecular weight excluding hydrogens is 325 g/mol. The monoisotopic (exact) mass is 363 g/mol. The van der Waals surface area contributed by atoms with Gasteiger partial charge in [0.1, 0.15) is 11.9 Å². The summed E-state index contributed by atoms with van der Waals surface area (Å²) in [6, 6.07) is 0. The zero-order valence-electron chi connectivity index (χ0n) is 17.0. The predicted octanol–water partition coefficient (Wildman–Crippen LogP) is 5.96. The molecule has 26 heavy (non-hydrogen) atoms. The van der Waals surface area contributed by atoms with Crippen molar-refractivity contribution >= 4 is 0 Å². The molecule has 0 spiro atoms. The van der Waals surface area contributed by atoms with Gasteiger partial charge in [-0.2, -0.15) is 0 Å². The zero-order valence-corrected chi connectivity index (χ0v) is 17.0. The third-order valence-electron chi connectivity index (χ3n) is 6.11. The summed E-state index contributed by atoms with van der Waals surface area (Å²) in [7, 11) is 0. The van der Waals surface area contributed by atoms with E-state index in [-0.39, 0.29) is 5.92 Å². The molecule has 1 fully saturated rings. The first kappa shape index (κ1) is 21.2. The number of hydrogen-bond donors (Lipinski definition) is 1. The van der Waals surface area contributed by atoms with E-state index in [2.05, 4.69) is 25.7 Å². The first-order valence-electron chi connectivity index (χ1n) is 10.5. The standard InChI is InChI=1S/C23H38FNO/c1-5-25-14-6-7-19-9-12-23-20(15-19)10-8-18(4)22(26-23)13-11-21(16-24)17(2)3/h11,13,19-21,23,25H,2,5-10,12,14-16H2,1,3-4H3/b13-11-/t19-,20?,21?,23?/m0/s1. The molecule has 1 aliphatic heterocycles. The second-order valence-corrected chi connectivity index (χ2v) is 8.24. The number of allylic oxidation sites excluding steroid dienone is 4. The molecule has 148 valence electrons. The van der Waals surface area contributed by atoms with Crippen LogP contribution in [0.25, 0.3) is 0 Å². The summed E-state index contributed by atoms with van der Waals surface area (Å²) in [5.41, 5.74) is 2.17. The fraction of sp³-hybridized carbons (Fsp3) is 0.739. The van der Waals surface area contributed by atoms with Gasteiger partial charge in [-0.1, -0.05) is 25.2 Å². The highest BCUT2D eigenvalue weighted by Gasteiger charge is 2.33. The average Bonchev–Trinajstić information content (AvgIpc) is 2.78. The summed E-state index contributed by atoms with van der Waals surface area (Å²) in [5, 5.41) is 3.43. The van der Waals surface area contributed by atoms with Gasteiger partial charge in [0, 0.05) is 5.92 Å². The van der Waals surface area contributed by atoms with Crippen LogP contribution in [0.1, 0.15) is 65.7 Å². The minimum atomic E-state index is -0.390. The normalized spacial score (nSPS) is 27.8. The second kappa shape index (κ2) is 10.9. The Morgan fingerprint density at radius 2 is 2.19 bits per heavy atom. The Morgan fingerprint density at radius 3 is 2.88 bits per heavy atom. The molecule has 3 heteroatoms. The van der Waals surface area contributed by atoms with Gasteiger partial charge in [-0.3, -0.25) is 4.39 Å². The Kier molecular flexibility index (Phi) is 8.90. The molecule has 4 atom stereocenters. The summed E-state index contributed by atoms with van der Waals surface area (Å²) in [6.07, 6.45) is 13.0. The largest absolute Gasteiger partial charge is 0.490 e. The lowest BCUT2D eigenvalue weighted by Crippen LogP contribution is -2.31. The van der Waals surface area contributed by atoms with E-state index < -0.39 is 6.67 Å². The van der Waals surface area contributed by atoms with Crippen LogP contribution in [0.5, 0.6) is 0 Å². The third kappa shape index (κ3) is 6.26. The molecule has 0 amide bonds. The smallest absolute Gasteiger partial charge is 0.118 e. The molecule has 0 radical (unpaired) electrons. The van der Waals surface area contributed by atoms with E-state index in [9.17, 15) is 4.39 Å². The highest BCUT2D eigenvalue weighted by Crippen LogP contribution is 2.40. The number of ether oxygens (including phenoxy) is 1. The van der Waals surface area contributed by atoms with E-state index in [1.54, 1.807) is 0 Å². The van der Waals surface area contributed by atoms with Gasteiger partial charge < -0.3 is 10.1 Å². The van der Waals surface area contributed by atoms with Gasteiger partial charge in [0.15, 0.2) is 0 Å². The van der Waals surface area contributed by atoms with Crippen molar-refractivity contribution in [3.05, 3.63) is 35.6 Å². The van der Waals surface area contributed by atoms with Gasteiger partial charge in [-0.25, -0.2) is 0 Å². The zero-order chi connectivity index (χ0) is 18.9. The minimum absolute atomic E-state index is 0.203. The van der Waals surface area contributed by atoms with Crippen molar-refractivity contribution in [3.8, 4) is 0 Å². The van der Waals surface area contributed by atoms with Crippen LogP contribution in [-0.4, -0.2) is 25.9 Å². The van der Waals surface area contributed by atoms with Crippen molar-refractivity contribution in [1.29, 1.82) is 0 Å². The fourth-order valence-electron chi connectivity index (χ4n) is 4.27. The number of rotatable bonds is 9. The quantitative estimate of drug-likeness (QED) is 0.403. The van der Waals surface area contributed by atoms with E-state index in [1.807, 2.05) is 19.1 Å². The van der Waals surface area contributed by atoms with Crippen LogP contribution in [0.2, 0.25) is 0 Å². The Bertz CT molecular complexity index is 510. The van der Waals surface area contributed by atoms with Gasteiger partial charge in [-0.15, -0.1) is 0 Å². The van der Waals surface area contributed by atoms with E-state index >= 15 is 0 Å². The summed E-state index contributed by atoms with van der Waals surface area (Å²) in [6.45, 7) is 11.9. The van der Waals surface area contributed by atoms with Gasteiger partial charge in [0.05, 0.1) is 6.67 Å². The molecule has 0 bridgehead atoms. The molecule has 0 aromatic rings. The van der Waals surface area contributed by atoms with Crippen molar-refractivity contribution < 1.29 is 9.13 Å². The molecule has 1 saturated carbocycles. The lowest BCUT2D eigenvalue weighted by Gasteiger charge is -2.35. The molecule has 0 aromatic heterocycles. The van der Waals surface area contributed by atoms with E-state index in [0.717, 1.165) is 43.2 Å². The average molecular weight is 364 g/mol. The van der Waals surface area contributed by atoms with Crippen LogP contribution >= 0.6 is 0 Å². The lowest BCUT2D eigenvalue weighted by molar-refractivity contribution is 0.0233. The maximum absolute atomic E-state index is 13.1. The van der Waals surface area contributed by atoms with E-state index in [0.29, 0.717) is 12.0 Å². The van der Waals surface area contributed by atoms with Crippen molar-refractivity contribution in [2.75, 3.05) is 19.8 Å². The fourth-order valence-corrected chi connectivity index (χ4v) is 4.27. The van der Waals surface area contributed by atoms with Crippen molar-refractivity contribution in [3.63, 3.8) is 0 Å². The molecule has 0 aromatic carbocycles. The first-order valence-corrected chi connectivity index (χ1v) is 10.5. The first-order chi connectivity index (χ1) is 12.5. The maximum atomic E-state index is 13.1. The summed E-state index contributed by atoms with van der Waals surface area (Å²) < 4.78 is 19.6. The van der Waals surface area contributed by atoms with Crippen molar-refractivity contribution in [2.45, 2.75) is 71.8 Å². The van der Waals surface area contributed by atoms with Gasteiger partial charge >= 0.3 is 0 Å². The molecule has 0 saturated heterocycles. The van der Waals surface area contributed by atoms with Crippen LogP contribution in [0.4, 0.5) is 4.39 Å². The second-order valence-electron chi connectivity index (χ2n) is 8.24. The van der Waals surface area contributed by atoms with Crippen molar-refractivity contribution in [1.82, 2.24) is 5.32 Å². The Morgan fingerprint density at radius 1 is 1.38 bits per heavy atom. The number of fused-ring (bicyclic) bond motifs is 1. The highest BCUT2D eigenvalue weighted by molar-refractivity contribution is 5.23. The lowest BCUT2D eigenvalue weighted by atomic mass is 9.75. The van der Waals surface area contributed by atoms with Crippen molar-refractivity contribution in [2.24, 2.45) is 17.8 Å². The molecule has 3 unspecified atom stereocenters. The molecular formula is C23H38FNO. The van der Waals surface area contributed by atoms with Crippen LogP contribution < -0.4 is 5.32 Å². The van der Waals surface area contributed by atoms with Gasteiger partial charge in [0.2, 0.25) is 0 Å². The van der Waals surface area contributed by atoms with E-state index in [4.69, 9.17) is 4.74 Å². The molecule has 1 heterocycles. The Labute approximate surface area is 160 Å².